The normalized spacial score (nSPS) is 39.3. The van der Waals surface area contributed by atoms with Gasteiger partial charge in [-0.3, -0.25) is 4.79 Å². The van der Waals surface area contributed by atoms with E-state index >= 15 is 0 Å². The molecule has 0 aromatic heterocycles. The summed E-state index contributed by atoms with van der Waals surface area (Å²) in [5, 5.41) is 26.7. The fraction of sp³-hybridized carbons (Fsp3) is 0.538. The van der Waals surface area contributed by atoms with Crippen molar-refractivity contribution in [1.29, 1.82) is 0 Å². The Labute approximate surface area is 267 Å². The minimum absolute atomic E-state index is 0.0477. The summed E-state index contributed by atoms with van der Waals surface area (Å²) in [7, 11) is 0. The van der Waals surface area contributed by atoms with E-state index in [1.165, 1.54) is 0 Å². The summed E-state index contributed by atoms with van der Waals surface area (Å²) in [6.07, 6.45) is 12.8. The number of para-hydroxylation sites is 1. The molecule has 1 unspecified atom stereocenters. The van der Waals surface area contributed by atoms with Gasteiger partial charge in [-0.05, 0) is 80.8 Å². The van der Waals surface area contributed by atoms with Crippen molar-refractivity contribution in [2.45, 2.75) is 83.8 Å². The summed E-state index contributed by atoms with van der Waals surface area (Å²) in [4.78, 5) is 30.0. The Morgan fingerprint density at radius 1 is 0.889 bits per heavy atom. The highest BCUT2D eigenvalue weighted by Gasteiger charge is 2.74. The predicted octanol–water partition coefficient (Wildman–Crippen LogP) is 7.40. The number of anilines is 1. The number of carbonyl (C=O) groups is 2. The van der Waals surface area contributed by atoms with Crippen LogP contribution in [-0.2, 0) is 0 Å². The molecular formula is C39H48N2O4. The van der Waals surface area contributed by atoms with Crippen LogP contribution in [0.5, 0.6) is 0 Å². The number of nitrogens with zero attached hydrogens (tertiary/aromatic N) is 1. The Bertz CT molecular complexity index is 1540. The first-order valence-corrected chi connectivity index (χ1v) is 17.1. The van der Waals surface area contributed by atoms with Gasteiger partial charge in [0.1, 0.15) is 0 Å². The molecule has 3 N–H and O–H groups in total. The second-order valence-corrected chi connectivity index (χ2v) is 15.2. The molecule has 45 heavy (non-hydrogen) atoms. The molecular weight excluding hydrogens is 560 g/mol. The second kappa shape index (κ2) is 10.7. The van der Waals surface area contributed by atoms with E-state index in [2.05, 4.69) is 44.3 Å². The van der Waals surface area contributed by atoms with E-state index in [0.29, 0.717) is 24.9 Å². The fourth-order valence-electron chi connectivity index (χ4n) is 10.9. The smallest absolute Gasteiger partial charge is 0.321 e. The van der Waals surface area contributed by atoms with Crippen LogP contribution in [0.15, 0.2) is 84.5 Å². The number of Topliss-reactive ketones (excluding diaryl/α,β-unsaturated/α-hetero) is 1. The number of aliphatic hydroxyl groups excluding tert-OH is 1. The van der Waals surface area contributed by atoms with Crippen molar-refractivity contribution in [3.05, 3.63) is 90.0 Å². The maximum atomic E-state index is 14.6. The molecule has 6 aliphatic carbocycles. The van der Waals surface area contributed by atoms with Gasteiger partial charge in [0.15, 0.2) is 5.78 Å². The van der Waals surface area contributed by atoms with Crippen LogP contribution in [-0.4, -0.2) is 51.7 Å². The van der Waals surface area contributed by atoms with Gasteiger partial charge in [0.25, 0.3) is 0 Å². The van der Waals surface area contributed by atoms with E-state index in [1.54, 1.807) is 4.90 Å². The number of fused-ring (bicyclic) bond motifs is 1. The zero-order valence-electron chi connectivity index (χ0n) is 27.0. The molecule has 0 heterocycles. The van der Waals surface area contributed by atoms with Crippen molar-refractivity contribution < 1.29 is 19.8 Å². The zero-order chi connectivity index (χ0) is 31.7. The maximum Gasteiger partial charge on any atom is 0.321 e. The number of amides is 2. The van der Waals surface area contributed by atoms with Gasteiger partial charge < -0.3 is 20.4 Å². The molecule has 0 radical (unpaired) electrons. The SMILES string of the molecule is CCCN(C[C@]1(O)CC[C@H]2[C@]34C=C[C@@]5(C=C3C(=O)c3ccccc3)CC(O)CC[C@]5(C)[C@H]4CC[C@@]21C)C(=O)Nc1ccccc1. The average molecular weight is 609 g/mol. The van der Waals surface area contributed by atoms with Gasteiger partial charge in [-0.2, -0.15) is 0 Å². The van der Waals surface area contributed by atoms with Gasteiger partial charge in [-0.1, -0.05) is 87.5 Å². The summed E-state index contributed by atoms with van der Waals surface area (Å²) in [5.74, 6) is 0.358. The van der Waals surface area contributed by atoms with Gasteiger partial charge in [0, 0.05) is 39.6 Å². The van der Waals surface area contributed by atoms with E-state index < -0.39 is 16.4 Å². The predicted molar refractivity (Wildman–Crippen MR) is 177 cm³/mol. The van der Waals surface area contributed by atoms with Crippen molar-refractivity contribution in [3.63, 3.8) is 0 Å². The molecule has 2 amide bonds. The molecule has 0 aliphatic heterocycles. The lowest BCUT2D eigenvalue weighted by Gasteiger charge is -2.71. The molecule has 8 atom stereocenters. The molecule has 2 aromatic carbocycles. The number of allylic oxidation sites excluding steroid dienone is 4. The molecule has 6 aliphatic rings. The number of rotatable bonds is 7. The lowest BCUT2D eigenvalue weighted by atomic mass is 9.32. The third-order valence-corrected chi connectivity index (χ3v) is 13.3. The number of benzene rings is 2. The third kappa shape index (κ3) is 4.27. The molecule has 2 aromatic rings. The van der Waals surface area contributed by atoms with E-state index in [9.17, 15) is 19.8 Å². The highest BCUT2D eigenvalue weighted by atomic mass is 16.3. The molecule has 3 saturated carbocycles. The number of aliphatic hydroxyl groups is 2. The van der Waals surface area contributed by atoms with Crippen molar-refractivity contribution >= 4 is 17.5 Å². The molecule has 6 heteroatoms. The number of carbonyl (C=O) groups excluding carboxylic acids is 2. The van der Waals surface area contributed by atoms with E-state index in [4.69, 9.17) is 0 Å². The van der Waals surface area contributed by atoms with Crippen molar-refractivity contribution in [1.82, 2.24) is 4.90 Å². The topological polar surface area (TPSA) is 89.9 Å². The quantitative estimate of drug-likeness (QED) is 0.226. The summed E-state index contributed by atoms with van der Waals surface area (Å²) in [5.41, 5.74) is -0.232. The summed E-state index contributed by atoms with van der Waals surface area (Å²) in [6, 6.07) is 18.9. The summed E-state index contributed by atoms with van der Waals surface area (Å²) in [6.45, 7) is 7.51. The van der Waals surface area contributed by atoms with Crippen LogP contribution in [0.3, 0.4) is 0 Å². The van der Waals surface area contributed by atoms with Crippen LogP contribution >= 0.6 is 0 Å². The third-order valence-electron chi connectivity index (χ3n) is 13.3. The van der Waals surface area contributed by atoms with Crippen LogP contribution < -0.4 is 5.32 Å². The van der Waals surface area contributed by atoms with Crippen LogP contribution in [0.4, 0.5) is 10.5 Å². The maximum absolute atomic E-state index is 14.6. The fourth-order valence-corrected chi connectivity index (χ4v) is 10.9. The number of hydrogen-bond donors (Lipinski definition) is 3. The van der Waals surface area contributed by atoms with E-state index in [1.807, 2.05) is 60.7 Å². The van der Waals surface area contributed by atoms with Crippen molar-refractivity contribution in [2.75, 3.05) is 18.4 Å². The Kier molecular flexibility index (Phi) is 7.21. The Hall–Kier alpha value is -3.22. The first kappa shape index (κ1) is 30.4. The number of nitrogens with one attached hydrogen (secondary N) is 1. The Morgan fingerprint density at radius 3 is 2.24 bits per heavy atom. The number of hydrogen-bond acceptors (Lipinski definition) is 4. The van der Waals surface area contributed by atoms with Gasteiger partial charge in [0.05, 0.1) is 18.2 Å². The van der Waals surface area contributed by atoms with Gasteiger partial charge in [-0.25, -0.2) is 4.79 Å². The Balaban J connectivity index is 1.29. The van der Waals surface area contributed by atoms with Crippen LogP contribution in [0.25, 0.3) is 0 Å². The zero-order valence-corrected chi connectivity index (χ0v) is 27.0. The monoisotopic (exact) mass is 608 g/mol. The highest BCUT2D eigenvalue weighted by molar-refractivity contribution is 6.10. The van der Waals surface area contributed by atoms with Crippen LogP contribution in [0.1, 0.15) is 82.5 Å². The lowest BCUT2D eigenvalue weighted by Crippen LogP contribution is -2.67. The summed E-state index contributed by atoms with van der Waals surface area (Å²) < 4.78 is 0. The van der Waals surface area contributed by atoms with Crippen LogP contribution in [0, 0.1) is 33.5 Å². The first-order chi connectivity index (χ1) is 21.5. The molecule has 0 saturated heterocycles. The minimum atomic E-state index is -1.09. The minimum Gasteiger partial charge on any atom is -0.393 e. The Morgan fingerprint density at radius 2 is 1.53 bits per heavy atom. The van der Waals surface area contributed by atoms with Gasteiger partial charge in [0.2, 0.25) is 0 Å². The lowest BCUT2D eigenvalue weighted by molar-refractivity contribution is -0.174. The molecule has 8 rings (SSSR count). The van der Waals surface area contributed by atoms with Gasteiger partial charge in [-0.15, -0.1) is 0 Å². The summed E-state index contributed by atoms with van der Waals surface area (Å²) >= 11 is 0. The molecule has 238 valence electrons. The van der Waals surface area contributed by atoms with E-state index in [0.717, 1.165) is 49.8 Å². The molecule has 3 fully saturated rings. The first-order valence-electron chi connectivity index (χ1n) is 17.1. The highest BCUT2D eigenvalue weighted by Crippen LogP contribution is 2.78. The molecule has 6 nitrogen and oxygen atoms in total. The van der Waals surface area contributed by atoms with Gasteiger partial charge >= 0.3 is 6.03 Å². The standard InChI is InChI=1S/C39H48N2O4/c1-4-23-41(34(44)40-28-13-9-6-10-14-28)26-38(45)20-17-32-36(38,3)19-16-31-35(2)18-15-29(42)24-37(35)21-22-39(31,32)30(25-37)33(43)27-11-7-5-8-12-27/h5-14,21-22,25,29,31-32,42,45H,4,15-20,23-24,26H2,1-3H3,(H,40,44)/t29?,31-,32-,35-,36+,37+,38-,39-/m1/s1. The second-order valence-electron chi connectivity index (χ2n) is 15.2. The van der Waals surface area contributed by atoms with Crippen LogP contribution in [0.2, 0.25) is 0 Å². The van der Waals surface area contributed by atoms with E-state index in [-0.39, 0.29) is 47.1 Å². The van der Waals surface area contributed by atoms with Crippen molar-refractivity contribution in [2.24, 2.45) is 33.5 Å². The number of ketones is 1. The molecule has 2 bridgehead atoms. The average Bonchev–Trinajstić information content (AvgIpc) is 3.31. The largest absolute Gasteiger partial charge is 0.393 e. The molecule has 2 spiro atoms. The van der Waals surface area contributed by atoms with Crippen molar-refractivity contribution in [3.8, 4) is 0 Å². The number of urea groups is 1.